The number of amides is 1. The van der Waals surface area contributed by atoms with Gasteiger partial charge in [-0.1, -0.05) is 50.2 Å². The topological polar surface area (TPSA) is 72.7 Å². The number of rotatable bonds is 6. The summed E-state index contributed by atoms with van der Waals surface area (Å²) in [5, 5.41) is 14.2. The summed E-state index contributed by atoms with van der Waals surface area (Å²) in [5.74, 6) is 0.468. The van der Waals surface area contributed by atoms with Crippen LogP contribution < -0.4 is 5.32 Å². The van der Waals surface area contributed by atoms with Crippen LogP contribution in [0, 0.1) is 5.92 Å². The van der Waals surface area contributed by atoms with Gasteiger partial charge in [0.05, 0.1) is 17.3 Å². The van der Waals surface area contributed by atoms with Gasteiger partial charge in [-0.3, -0.25) is 4.79 Å². The summed E-state index contributed by atoms with van der Waals surface area (Å²) in [4.78, 5) is 12.8. The average molecular weight is 349 g/mol. The molecule has 0 aliphatic rings. The highest BCUT2D eigenvalue weighted by Gasteiger charge is 2.16. The number of aromatic nitrogens is 4. The van der Waals surface area contributed by atoms with Crippen molar-refractivity contribution in [1.82, 2.24) is 25.5 Å². The molecule has 0 saturated heterocycles. The fourth-order valence-corrected chi connectivity index (χ4v) is 2.91. The normalized spacial score (nSPS) is 12.2. The Hall–Kier alpha value is -3.02. The van der Waals surface area contributed by atoms with Crippen molar-refractivity contribution < 1.29 is 4.79 Å². The molecule has 3 aromatic rings. The van der Waals surface area contributed by atoms with E-state index in [1.165, 1.54) is 16.6 Å². The molecule has 1 aromatic heterocycles. The van der Waals surface area contributed by atoms with Gasteiger partial charge in [0.1, 0.15) is 6.33 Å². The summed E-state index contributed by atoms with van der Waals surface area (Å²) in [6.07, 6.45) is 2.53. The van der Waals surface area contributed by atoms with Crippen molar-refractivity contribution >= 4 is 5.91 Å². The van der Waals surface area contributed by atoms with Gasteiger partial charge in [-0.2, -0.15) is 4.68 Å². The Morgan fingerprint density at radius 2 is 1.81 bits per heavy atom. The zero-order valence-corrected chi connectivity index (χ0v) is 15.3. The Kier molecular flexibility index (Phi) is 5.41. The molecule has 6 heteroatoms. The molecule has 1 N–H and O–H groups in total. The number of carbonyl (C=O) groups is 1. The maximum atomic E-state index is 12.8. The number of hydrogen-bond acceptors (Lipinski definition) is 4. The molecule has 1 atom stereocenters. The summed E-state index contributed by atoms with van der Waals surface area (Å²) >= 11 is 0. The highest BCUT2D eigenvalue weighted by molar-refractivity contribution is 5.97. The molecule has 1 unspecified atom stereocenters. The summed E-state index contributed by atoms with van der Waals surface area (Å²) < 4.78 is 1.49. The van der Waals surface area contributed by atoms with E-state index in [4.69, 9.17) is 0 Å². The minimum atomic E-state index is -0.158. The predicted octanol–water partition coefficient (Wildman–Crippen LogP) is 3.35. The smallest absolute Gasteiger partial charge is 0.253 e. The fourth-order valence-electron chi connectivity index (χ4n) is 2.91. The zero-order valence-electron chi connectivity index (χ0n) is 15.3. The third kappa shape index (κ3) is 4.14. The third-order valence-corrected chi connectivity index (χ3v) is 4.22. The number of nitrogens with one attached hydrogen (secondary N) is 1. The largest absolute Gasteiger partial charge is 0.345 e. The summed E-state index contributed by atoms with van der Waals surface area (Å²) in [5.41, 5.74) is 3.56. The van der Waals surface area contributed by atoms with E-state index in [-0.39, 0.29) is 11.9 Å². The number of hydrogen-bond donors (Lipinski definition) is 1. The van der Waals surface area contributed by atoms with Crippen molar-refractivity contribution in [3.05, 3.63) is 71.5 Å². The lowest BCUT2D eigenvalue weighted by Crippen LogP contribution is -2.27. The van der Waals surface area contributed by atoms with Gasteiger partial charge in [-0.05, 0) is 52.9 Å². The van der Waals surface area contributed by atoms with E-state index in [1.807, 2.05) is 25.1 Å². The van der Waals surface area contributed by atoms with Crippen LogP contribution in [-0.4, -0.2) is 26.1 Å². The number of benzene rings is 2. The van der Waals surface area contributed by atoms with Crippen molar-refractivity contribution in [2.24, 2.45) is 5.92 Å². The van der Waals surface area contributed by atoms with E-state index >= 15 is 0 Å². The zero-order chi connectivity index (χ0) is 18.5. The second kappa shape index (κ2) is 7.91. The lowest BCUT2D eigenvalue weighted by Gasteiger charge is -2.16. The van der Waals surface area contributed by atoms with Crippen LogP contribution >= 0.6 is 0 Å². The Labute approximate surface area is 153 Å². The highest BCUT2D eigenvalue weighted by atomic mass is 16.1. The molecule has 0 radical (unpaired) electrons. The minimum absolute atomic E-state index is 0.0995. The molecule has 2 aromatic carbocycles. The van der Waals surface area contributed by atoms with Crippen molar-refractivity contribution in [2.75, 3.05) is 0 Å². The summed E-state index contributed by atoms with van der Waals surface area (Å²) in [6, 6.07) is 15.6. The SMILES string of the molecule is CC(C)Cc1ccc(C(C)NC(=O)c2ccccc2-n2cnnn2)cc1. The standard InChI is InChI=1S/C20H23N5O/c1-14(2)12-16-8-10-17(11-9-16)15(3)22-20(26)18-6-4-5-7-19(18)25-13-21-23-24-25/h4-11,13-15H,12H2,1-3H3,(H,22,26). The Balaban J connectivity index is 1.74. The third-order valence-electron chi connectivity index (χ3n) is 4.22. The molecule has 0 saturated carbocycles. The van der Waals surface area contributed by atoms with Crippen molar-refractivity contribution in [2.45, 2.75) is 33.2 Å². The second-order valence-electron chi connectivity index (χ2n) is 6.81. The number of tetrazole rings is 1. The van der Waals surface area contributed by atoms with Crippen molar-refractivity contribution in [1.29, 1.82) is 0 Å². The molecule has 0 aliphatic carbocycles. The summed E-state index contributed by atoms with van der Waals surface area (Å²) in [6.45, 7) is 6.40. The first-order valence-electron chi connectivity index (χ1n) is 8.76. The first kappa shape index (κ1) is 17.8. The molecule has 0 fully saturated rings. The number of para-hydroxylation sites is 1. The van der Waals surface area contributed by atoms with Crippen LogP contribution in [-0.2, 0) is 6.42 Å². The van der Waals surface area contributed by atoms with Crippen LogP contribution in [0.3, 0.4) is 0 Å². The molecule has 26 heavy (non-hydrogen) atoms. The van der Waals surface area contributed by atoms with E-state index in [0.717, 1.165) is 12.0 Å². The van der Waals surface area contributed by atoms with E-state index in [9.17, 15) is 4.79 Å². The Morgan fingerprint density at radius 3 is 2.46 bits per heavy atom. The fraction of sp³-hybridized carbons (Fsp3) is 0.300. The molecular formula is C20H23N5O. The van der Waals surface area contributed by atoms with E-state index < -0.39 is 0 Å². The van der Waals surface area contributed by atoms with Gasteiger partial charge in [0.25, 0.3) is 5.91 Å². The molecule has 0 aliphatic heterocycles. The van der Waals surface area contributed by atoms with Gasteiger partial charge < -0.3 is 5.32 Å². The molecule has 1 amide bonds. The first-order chi connectivity index (χ1) is 12.5. The second-order valence-corrected chi connectivity index (χ2v) is 6.81. The van der Waals surface area contributed by atoms with Gasteiger partial charge in [0.15, 0.2) is 0 Å². The van der Waals surface area contributed by atoms with Gasteiger partial charge in [-0.15, -0.1) is 5.10 Å². The molecule has 134 valence electrons. The lowest BCUT2D eigenvalue weighted by molar-refractivity contribution is 0.0939. The number of nitrogens with zero attached hydrogens (tertiary/aromatic N) is 4. The summed E-state index contributed by atoms with van der Waals surface area (Å²) in [7, 11) is 0. The van der Waals surface area contributed by atoms with Crippen LogP contribution in [0.1, 0.15) is 48.3 Å². The van der Waals surface area contributed by atoms with Gasteiger partial charge in [0.2, 0.25) is 0 Å². The van der Waals surface area contributed by atoms with Crippen LogP contribution in [0.4, 0.5) is 0 Å². The maximum Gasteiger partial charge on any atom is 0.253 e. The van der Waals surface area contributed by atoms with Crippen molar-refractivity contribution in [3.63, 3.8) is 0 Å². The molecular weight excluding hydrogens is 326 g/mol. The monoisotopic (exact) mass is 349 g/mol. The van der Waals surface area contributed by atoms with Crippen LogP contribution in [0.5, 0.6) is 0 Å². The molecule has 3 rings (SSSR count). The molecule has 0 bridgehead atoms. The van der Waals surface area contributed by atoms with Crippen molar-refractivity contribution in [3.8, 4) is 5.69 Å². The molecule has 6 nitrogen and oxygen atoms in total. The molecule has 1 heterocycles. The van der Waals surface area contributed by atoms with E-state index in [0.29, 0.717) is 17.2 Å². The lowest BCUT2D eigenvalue weighted by atomic mass is 10.00. The van der Waals surface area contributed by atoms with Crippen LogP contribution in [0.2, 0.25) is 0 Å². The Bertz CT molecular complexity index is 856. The molecule has 0 spiro atoms. The van der Waals surface area contributed by atoms with Gasteiger partial charge in [0, 0.05) is 0 Å². The first-order valence-corrected chi connectivity index (χ1v) is 8.76. The van der Waals surface area contributed by atoms with E-state index in [1.54, 1.807) is 6.07 Å². The van der Waals surface area contributed by atoms with Crippen LogP contribution in [0.25, 0.3) is 5.69 Å². The van der Waals surface area contributed by atoms with Crippen LogP contribution in [0.15, 0.2) is 54.9 Å². The van der Waals surface area contributed by atoms with Gasteiger partial charge in [-0.25, -0.2) is 0 Å². The predicted molar refractivity (Wildman–Crippen MR) is 100 cm³/mol. The van der Waals surface area contributed by atoms with E-state index in [2.05, 4.69) is 59.0 Å². The minimum Gasteiger partial charge on any atom is -0.345 e. The Morgan fingerprint density at radius 1 is 1.08 bits per heavy atom. The quantitative estimate of drug-likeness (QED) is 0.741. The maximum absolute atomic E-state index is 12.8. The van der Waals surface area contributed by atoms with Gasteiger partial charge >= 0.3 is 0 Å². The highest BCUT2D eigenvalue weighted by Crippen LogP contribution is 2.18. The number of carbonyl (C=O) groups excluding carboxylic acids is 1. The average Bonchev–Trinajstić information content (AvgIpc) is 3.16.